The lowest BCUT2D eigenvalue weighted by Crippen LogP contribution is -2.35. The number of nitrogens with one attached hydrogen (secondary N) is 2. The molecule has 3 aromatic rings. The highest BCUT2D eigenvalue weighted by Crippen LogP contribution is 2.34. The average molecular weight is 407 g/mol. The predicted molar refractivity (Wildman–Crippen MR) is 116 cm³/mol. The Labute approximate surface area is 174 Å². The number of amides is 2. The molecule has 0 radical (unpaired) electrons. The molecule has 8 nitrogen and oxygen atoms in total. The Kier molecular flexibility index (Phi) is 4.64. The van der Waals surface area contributed by atoms with Crippen molar-refractivity contribution in [3.8, 4) is 11.3 Å². The molecule has 1 aliphatic heterocycles. The minimum Gasteiger partial charge on any atom is -0.465 e. The molecule has 30 heavy (non-hydrogen) atoms. The van der Waals surface area contributed by atoms with Crippen molar-refractivity contribution in [1.82, 2.24) is 14.3 Å². The van der Waals surface area contributed by atoms with Crippen LogP contribution in [0.3, 0.4) is 0 Å². The van der Waals surface area contributed by atoms with Gasteiger partial charge in [-0.05, 0) is 50.6 Å². The highest BCUT2D eigenvalue weighted by Gasteiger charge is 2.23. The number of pyridine rings is 1. The monoisotopic (exact) mass is 407 g/mol. The first-order chi connectivity index (χ1) is 14.2. The van der Waals surface area contributed by atoms with Crippen molar-refractivity contribution < 1.29 is 14.3 Å². The van der Waals surface area contributed by atoms with E-state index in [-0.39, 0.29) is 11.6 Å². The standard InChI is InChI=1S/C22H25N5O3/c1-22(2,3)25-19-18(24-17-11-14(20(28)30-5)8-9-27(17)19)13-6-7-16-15(10-13)12-26(4)21(29)23-16/h6-11,25H,12H2,1-5H3,(H,23,29). The number of imidazole rings is 1. The minimum atomic E-state index is -0.403. The van der Waals surface area contributed by atoms with Crippen molar-refractivity contribution >= 4 is 29.2 Å². The Morgan fingerprint density at radius 1 is 1.23 bits per heavy atom. The lowest BCUT2D eigenvalue weighted by molar-refractivity contribution is 0.0600. The van der Waals surface area contributed by atoms with E-state index in [0.717, 1.165) is 28.3 Å². The molecule has 0 atom stereocenters. The van der Waals surface area contributed by atoms with Gasteiger partial charge >= 0.3 is 12.0 Å². The maximum Gasteiger partial charge on any atom is 0.338 e. The zero-order valence-corrected chi connectivity index (χ0v) is 17.7. The van der Waals surface area contributed by atoms with E-state index in [2.05, 4.69) is 31.4 Å². The van der Waals surface area contributed by atoms with E-state index < -0.39 is 5.97 Å². The van der Waals surface area contributed by atoms with Crippen molar-refractivity contribution in [3.63, 3.8) is 0 Å². The van der Waals surface area contributed by atoms with Gasteiger partial charge in [0.25, 0.3) is 0 Å². The summed E-state index contributed by atoms with van der Waals surface area (Å²) in [6.45, 7) is 6.76. The van der Waals surface area contributed by atoms with Crippen LogP contribution in [-0.4, -0.2) is 46.0 Å². The zero-order valence-electron chi connectivity index (χ0n) is 17.7. The molecule has 3 heterocycles. The van der Waals surface area contributed by atoms with Crippen molar-refractivity contribution in [2.45, 2.75) is 32.9 Å². The van der Waals surface area contributed by atoms with Gasteiger partial charge in [-0.3, -0.25) is 4.40 Å². The Morgan fingerprint density at radius 3 is 2.70 bits per heavy atom. The third-order valence-corrected chi connectivity index (χ3v) is 4.92. The molecule has 0 spiro atoms. The molecule has 2 aromatic heterocycles. The molecule has 156 valence electrons. The predicted octanol–water partition coefficient (Wildman–Crippen LogP) is 3.98. The second kappa shape index (κ2) is 7.05. The summed E-state index contributed by atoms with van der Waals surface area (Å²) in [4.78, 5) is 30.3. The Hall–Kier alpha value is -3.55. The van der Waals surface area contributed by atoms with Crippen LogP contribution in [0.15, 0.2) is 36.5 Å². The molecular weight excluding hydrogens is 382 g/mol. The number of carbonyl (C=O) groups excluding carboxylic acids is 2. The van der Waals surface area contributed by atoms with E-state index >= 15 is 0 Å². The fourth-order valence-electron chi connectivity index (χ4n) is 3.50. The van der Waals surface area contributed by atoms with E-state index in [1.807, 2.05) is 28.8 Å². The third-order valence-electron chi connectivity index (χ3n) is 4.92. The van der Waals surface area contributed by atoms with Crippen LogP contribution in [0.25, 0.3) is 16.9 Å². The molecule has 0 unspecified atom stereocenters. The maximum absolute atomic E-state index is 12.0. The van der Waals surface area contributed by atoms with Crippen LogP contribution >= 0.6 is 0 Å². The lowest BCUT2D eigenvalue weighted by atomic mass is 10.0. The molecule has 8 heteroatoms. The van der Waals surface area contributed by atoms with Crippen LogP contribution in [0.1, 0.15) is 36.7 Å². The molecule has 0 fully saturated rings. The highest BCUT2D eigenvalue weighted by molar-refractivity contribution is 5.93. The molecule has 1 aliphatic rings. The van der Waals surface area contributed by atoms with Gasteiger partial charge in [-0.2, -0.15) is 0 Å². The molecule has 2 amide bonds. The Balaban J connectivity index is 1.87. The van der Waals surface area contributed by atoms with Crippen LogP contribution < -0.4 is 10.6 Å². The summed E-state index contributed by atoms with van der Waals surface area (Å²) in [6, 6.07) is 9.21. The van der Waals surface area contributed by atoms with E-state index in [4.69, 9.17) is 9.72 Å². The van der Waals surface area contributed by atoms with Crippen LogP contribution in [0, 0.1) is 0 Å². The van der Waals surface area contributed by atoms with Gasteiger partial charge in [0.1, 0.15) is 17.2 Å². The average Bonchev–Trinajstić information content (AvgIpc) is 3.04. The number of ether oxygens (including phenoxy) is 1. The van der Waals surface area contributed by atoms with Gasteiger partial charge < -0.3 is 20.3 Å². The molecule has 4 rings (SSSR count). The van der Waals surface area contributed by atoms with Gasteiger partial charge in [-0.1, -0.05) is 6.07 Å². The number of carbonyl (C=O) groups is 2. The van der Waals surface area contributed by atoms with Crippen LogP contribution in [0.4, 0.5) is 16.3 Å². The fraction of sp³-hybridized carbons (Fsp3) is 0.318. The summed E-state index contributed by atoms with van der Waals surface area (Å²) in [6.07, 6.45) is 1.82. The number of rotatable bonds is 3. The topological polar surface area (TPSA) is 88.0 Å². The summed E-state index contributed by atoms with van der Waals surface area (Å²) >= 11 is 0. The second-order valence-corrected chi connectivity index (χ2v) is 8.48. The summed E-state index contributed by atoms with van der Waals surface area (Å²) < 4.78 is 6.77. The number of aromatic nitrogens is 2. The SMILES string of the molecule is COC(=O)c1ccn2c(NC(C)(C)C)c(-c3ccc4c(c3)CN(C)C(=O)N4)nc2c1. The zero-order chi connectivity index (χ0) is 21.6. The maximum atomic E-state index is 12.0. The number of hydrogen-bond acceptors (Lipinski definition) is 5. The third kappa shape index (κ3) is 3.56. The van der Waals surface area contributed by atoms with Crippen molar-refractivity contribution in [3.05, 3.63) is 47.7 Å². The summed E-state index contributed by atoms with van der Waals surface area (Å²) in [5.41, 5.74) is 4.41. The summed E-state index contributed by atoms with van der Waals surface area (Å²) in [7, 11) is 3.12. The number of nitrogens with zero attached hydrogens (tertiary/aromatic N) is 3. The first kappa shape index (κ1) is 19.8. The molecule has 0 bridgehead atoms. The Bertz CT molecular complexity index is 1160. The fourth-order valence-corrected chi connectivity index (χ4v) is 3.50. The minimum absolute atomic E-state index is 0.117. The smallest absolute Gasteiger partial charge is 0.338 e. The van der Waals surface area contributed by atoms with Crippen molar-refractivity contribution in [1.29, 1.82) is 0 Å². The summed E-state index contributed by atoms with van der Waals surface area (Å²) in [5, 5.41) is 6.42. The number of methoxy groups -OCH3 is 1. The number of esters is 1. The van der Waals surface area contributed by atoms with Gasteiger partial charge in [-0.25, -0.2) is 14.6 Å². The van der Waals surface area contributed by atoms with Crippen LogP contribution in [0.5, 0.6) is 0 Å². The van der Waals surface area contributed by atoms with Gasteiger partial charge in [0.05, 0.1) is 12.7 Å². The van der Waals surface area contributed by atoms with Crippen LogP contribution in [-0.2, 0) is 11.3 Å². The van der Waals surface area contributed by atoms with E-state index in [1.165, 1.54) is 7.11 Å². The normalized spacial score (nSPS) is 13.8. The molecule has 1 aromatic carbocycles. The Morgan fingerprint density at radius 2 is 2.00 bits per heavy atom. The van der Waals surface area contributed by atoms with Crippen molar-refractivity contribution in [2.75, 3.05) is 24.8 Å². The molecule has 0 saturated heterocycles. The first-order valence-electron chi connectivity index (χ1n) is 9.70. The number of benzene rings is 1. The summed E-state index contributed by atoms with van der Waals surface area (Å²) in [5.74, 6) is 0.432. The largest absolute Gasteiger partial charge is 0.465 e. The molecule has 0 aliphatic carbocycles. The van der Waals surface area contributed by atoms with Crippen LogP contribution in [0.2, 0.25) is 0 Å². The lowest BCUT2D eigenvalue weighted by Gasteiger charge is -2.26. The van der Waals surface area contributed by atoms with Gasteiger partial charge in [-0.15, -0.1) is 0 Å². The number of urea groups is 1. The van der Waals surface area contributed by atoms with E-state index in [9.17, 15) is 9.59 Å². The first-order valence-corrected chi connectivity index (χ1v) is 9.70. The van der Waals surface area contributed by atoms with Crippen molar-refractivity contribution in [2.24, 2.45) is 0 Å². The number of anilines is 2. The van der Waals surface area contributed by atoms with E-state index in [1.54, 1.807) is 24.1 Å². The number of fused-ring (bicyclic) bond motifs is 2. The quantitative estimate of drug-likeness (QED) is 0.642. The second-order valence-electron chi connectivity index (χ2n) is 8.48. The van der Waals surface area contributed by atoms with E-state index in [0.29, 0.717) is 17.8 Å². The highest BCUT2D eigenvalue weighted by atomic mass is 16.5. The molecular formula is C22H25N5O3. The van der Waals surface area contributed by atoms with Gasteiger partial charge in [0.2, 0.25) is 0 Å². The van der Waals surface area contributed by atoms with Gasteiger partial charge in [0, 0.05) is 36.6 Å². The number of hydrogen-bond donors (Lipinski definition) is 2. The molecule has 2 N–H and O–H groups in total. The molecule has 0 saturated carbocycles. The van der Waals surface area contributed by atoms with Gasteiger partial charge in [0.15, 0.2) is 0 Å².